The van der Waals surface area contributed by atoms with Crippen LogP contribution in [0.25, 0.3) is 0 Å². The number of sulfonamides is 1. The highest BCUT2D eigenvalue weighted by Crippen LogP contribution is 2.45. The van der Waals surface area contributed by atoms with Gasteiger partial charge in [0.2, 0.25) is 10.0 Å². The summed E-state index contributed by atoms with van der Waals surface area (Å²) >= 11 is 0. The molecule has 7 heteroatoms. The van der Waals surface area contributed by atoms with E-state index in [2.05, 4.69) is 0 Å². The van der Waals surface area contributed by atoms with Crippen molar-refractivity contribution in [2.75, 3.05) is 6.61 Å². The van der Waals surface area contributed by atoms with Crippen LogP contribution in [0.5, 0.6) is 0 Å². The molecule has 5 nitrogen and oxygen atoms in total. The summed E-state index contributed by atoms with van der Waals surface area (Å²) < 4.78 is 45.2. The van der Waals surface area contributed by atoms with E-state index < -0.39 is 33.4 Å². The number of halogens is 1. The van der Waals surface area contributed by atoms with Crippen LogP contribution in [-0.4, -0.2) is 30.8 Å². The minimum atomic E-state index is -3.77. The van der Waals surface area contributed by atoms with Gasteiger partial charge >= 0.3 is 5.97 Å². The van der Waals surface area contributed by atoms with Crippen molar-refractivity contribution in [3.05, 3.63) is 29.6 Å². The van der Waals surface area contributed by atoms with Crippen molar-refractivity contribution in [1.82, 2.24) is 4.31 Å². The summed E-state index contributed by atoms with van der Waals surface area (Å²) in [4.78, 5) is 11.9. The molecular weight excluding hydrogens is 309 g/mol. The van der Waals surface area contributed by atoms with Gasteiger partial charge in [-0.3, -0.25) is 4.79 Å². The van der Waals surface area contributed by atoms with E-state index in [0.29, 0.717) is 5.56 Å². The Balaban J connectivity index is 2.56. The van der Waals surface area contributed by atoms with Crippen molar-refractivity contribution in [1.29, 1.82) is 0 Å². The molecule has 0 saturated carbocycles. The largest absolute Gasteiger partial charge is 0.466 e. The fraction of sp³-hybridized carbons (Fsp3) is 0.533. The van der Waals surface area contributed by atoms with Gasteiger partial charge in [-0.05, 0) is 51.5 Å². The van der Waals surface area contributed by atoms with E-state index >= 15 is 0 Å². The second-order valence-corrected chi connectivity index (χ2v) is 7.96. The van der Waals surface area contributed by atoms with Crippen LogP contribution in [0.1, 0.15) is 45.7 Å². The van der Waals surface area contributed by atoms with E-state index in [0.717, 1.165) is 6.07 Å². The minimum Gasteiger partial charge on any atom is -0.466 e. The quantitative estimate of drug-likeness (QED) is 0.800. The number of ether oxygens (including phenoxy) is 1. The van der Waals surface area contributed by atoms with Crippen LogP contribution in [0.2, 0.25) is 0 Å². The predicted molar refractivity (Wildman–Crippen MR) is 79.2 cm³/mol. The van der Waals surface area contributed by atoms with Crippen LogP contribution < -0.4 is 0 Å². The first-order valence-electron chi connectivity index (χ1n) is 7.08. The highest BCUT2D eigenvalue weighted by atomic mass is 32.2. The Morgan fingerprint density at radius 3 is 2.55 bits per heavy atom. The summed E-state index contributed by atoms with van der Waals surface area (Å²) in [6.07, 6.45) is -0.138. The fourth-order valence-corrected chi connectivity index (χ4v) is 5.00. The average Bonchev–Trinajstić information content (AvgIpc) is 2.56. The third-order valence-electron chi connectivity index (χ3n) is 3.48. The van der Waals surface area contributed by atoms with Gasteiger partial charge in [-0.25, -0.2) is 12.8 Å². The molecule has 0 amide bonds. The number of carbonyl (C=O) groups is 1. The molecule has 1 aromatic carbocycles. The summed E-state index contributed by atoms with van der Waals surface area (Å²) in [7, 11) is -3.77. The molecule has 1 aliphatic heterocycles. The van der Waals surface area contributed by atoms with Gasteiger partial charge < -0.3 is 4.74 Å². The molecule has 1 heterocycles. The van der Waals surface area contributed by atoms with Gasteiger partial charge in [0.1, 0.15) is 5.82 Å². The zero-order valence-electron chi connectivity index (χ0n) is 13.1. The maximum absolute atomic E-state index is 13.6. The first-order valence-corrected chi connectivity index (χ1v) is 8.52. The number of hydrogen-bond donors (Lipinski definition) is 0. The average molecular weight is 329 g/mol. The Bertz CT molecular complexity index is 694. The number of carbonyl (C=O) groups excluding carboxylic acids is 1. The van der Waals surface area contributed by atoms with E-state index in [1.165, 1.54) is 16.4 Å². The summed E-state index contributed by atoms with van der Waals surface area (Å²) in [6.45, 7) is 7.11. The van der Waals surface area contributed by atoms with E-state index in [-0.39, 0.29) is 17.9 Å². The smallest absolute Gasteiger partial charge is 0.307 e. The lowest BCUT2D eigenvalue weighted by Gasteiger charge is -2.35. The van der Waals surface area contributed by atoms with E-state index in [4.69, 9.17) is 4.74 Å². The maximum atomic E-state index is 13.6. The molecule has 1 aliphatic rings. The highest BCUT2D eigenvalue weighted by Gasteiger charge is 2.48. The SMILES string of the molecule is CCOC(=O)C[C@H]1c2cc(F)ccc2S(=O)(=O)N1C(C)(C)C. The van der Waals surface area contributed by atoms with Gasteiger partial charge in [0.25, 0.3) is 0 Å². The molecule has 2 rings (SSSR count). The van der Waals surface area contributed by atoms with Crippen molar-refractivity contribution >= 4 is 16.0 Å². The highest BCUT2D eigenvalue weighted by molar-refractivity contribution is 7.89. The van der Waals surface area contributed by atoms with Crippen molar-refractivity contribution in [2.45, 2.75) is 50.6 Å². The number of esters is 1. The summed E-state index contributed by atoms with van der Waals surface area (Å²) in [5.74, 6) is -1.03. The molecule has 0 aliphatic carbocycles. The van der Waals surface area contributed by atoms with Gasteiger partial charge in [-0.1, -0.05) is 0 Å². The van der Waals surface area contributed by atoms with Crippen LogP contribution >= 0.6 is 0 Å². The predicted octanol–water partition coefficient (Wildman–Crippen LogP) is 2.62. The first-order chi connectivity index (χ1) is 10.1. The van der Waals surface area contributed by atoms with Gasteiger partial charge in [-0.15, -0.1) is 0 Å². The van der Waals surface area contributed by atoms with Gasteiger partial charge in [-0.2, -0.15) is 4.31 Å². The molecule has 0 unspecified atom stereocenters. The molecule has 1 atom stereocenters. The minimum absolute atomic E-state index is 0.0538. The number of hydrogen-bond acceptors (Lipinski definition) is 4. The molecule has 0 bridgehead atoms. The molecule has 0 aromatic heterocycles. The Hall–Kier alpha value is -1.47. The third kappa shape index (κ3) is 2.87. The lowest BCUT2D eigenvalue weighted by atomic mass is 9.99. The molecule has 1 aromatic rings. The van der Waals surface area contributed by atoms with E-state index in [1.807, 2.05) is 0 Å². The van der Waals surface area contributed by atoms with Gasteiger partial charge in [0.15, 0.2) is 0 Å². The van der Waals surface area contributed by atoms with Crippen molar-refractivity contribution < 1.29 is 22.3 Å². The molecule has 0 saturated heterocycles. The van der Waals surface area contributed by atoms with Crippen molar-refractivity contribution in [3.8, 4) is 0 Å². The normalized spacial score (nSPS) is 20.7. The fourth-order valence-electron chi connectivity index (χ4n) is 2.81. The summed E-state index contributed by atoms with van der Waals surface area (Å²) in [5, 5.41) is 0. The number of nitrogens with zero attached hydrogens (tertiary/aromatic N) is 1. The molecule has 0 N–H and O–H groups in total. The standard InChI is InChI=1S/C15H20FNO4S/c1-5-21-14(18)9-12-11-8-10(16)6-7-13(11)22(19,20)17(12)15(2,3)4/h6-8,12H,5,9H2,1-4H3/t12-/m0/s1. The van der Waals surface area contributed by atoms with Crippen LogP contribution in [0.15, 0.2) is 23.1 Å². The molecule has 0 fully saturated rings. The van der Waals surface area contributed by atoms with Crippen molar-refractivity contribution in [3.63, 3.8) is 0 Å². The topological polar surface area (TPSA) is 63.7 Å². The number of benzene rings is 1. The second kappa shape index (κ2) is 5.62. The van der Waals surface area contributed by atoms with E-state index in [9.17, 15) is 17.6 Å². The maximum Gasteiger partial charge on any atom is 0.307 e. The summed E-state index contributed by atoms with van der Waals surface area (Å²) in [5.41, 5.74) is -0.436. The lowest BCUT2D eigenvalue weighted by Crippen LogP contribution is -2.44. The molecule has 0 radical (unpaired) electrons. The number of rotatable bonds is 3. The molecule has 0 spiro atoms. The Labute approximate surface area is 130 Å². The Kier molecular flexibility index (Phi) is 4.32. The van der Waals surface area contributed by atoms with Gasteiger partial charge in [0.05, 0.1) is 24.0 Å². The Morgan fingerprint density at radius 1 is 1.36 bits per heavy atom. The zero-order valence-corrected chi connectivity index (χ0v) is 13.9. The molecule has 122 valence electrons. The van der Waals surface area contributed by atoms with E-state index in [1.54, 1.807) is 27.7 Å². The Morgan fingerprint density at radius 2 is 2.00 bits per heavy atom. The van der Waals surface area contributed by atoms with Crippen LogP contribution in [-0.2, 0) is 19.6 Å². The lowest BCUT2D eigenvalue weighted by molar-refractivity contribution is -0.144. The van der Waals surface area contributed by atoms with Crippen LogP contribution in [0.4, 0.5) is 4.39 Å². The number of fused-ring (bicyclic) bond motifs is 1. The molecule has 22 heavy (non-hydrogen) atoms. The van der Waals surface area contributed by atoms with Crippen molar-refractivity contribution in [2.24, 2.45) is 0 Å². The zero-order chi connectivity index (χ0) is 16.7. The third-order valence-corrected chi connectivity index (χ3v) is 5.72. The van der Waals surface area contributed by atoms with Crippen LogP contribution in [0, 0.1) is 5.82 Å². The monoisotopic (exact) mass is 329 g/mol. The first kappa shape index (κ1) is 16.9. The second-order valence-electron chi connectivity index (χ2n) is 6.18. The molecular formula is C15H20FNO4S. The summed E-state index contributed by atoms with van der Waals surface area (Å²) in [6, 6.07) is 2.80. The van der Waals surface area contributed by atoms with Crippen LogP contribution in [0.3, 0.4) is 0 Å². The van der Waals surface area contributed by atoms with Gasteiger partial charge in [0, 0.05) is 5.54 Å².